The van der Waals surface area contributed by atoms with Crippen LogP contribution in [0.4, 0.5) is 4.39 Å². The van der Waals surface area contributed by atoms with Crippen LogP contribution in [0.25, 0.3) is 0 Å². The maximum absolute atomic E-state index is 12.9. The quantitative estimate of drug-likeness (QED) is 0.860. The van der Waals surface area contributed by atoms with E-state index in [1.165, 1.54) is 17.7 Å². The summed E-state index contributed by atoms with van der Waals surface area (Å²) in [5.41, 5.74) is 3.11. The van der Waals surface area contributed by atoms with E-state index in [2.05, 4.69) is 26.0 Å². The second-order valence-electron chi connectivity index (χ2n) is 5.69. The molecule has 0 saturated heterocycles. The van der Waals surface area contributed by atoms with Gasteiger partial charge in [0.15, 0.2) is 0 Å². The van der Waals surface area contributed by atoms with E-state index >= 15 is 0 Å². The Labute approximate surface area is 120 Å². The van der Waals surface area contributed by atoms with Crippen LogP contribution in [-0.2, 0) is 12.8 Å². The van der Waals surface area contributed by atoms with Crippen LogP contribution in [0.2, 0.25) is 0 Å². The predicted molar refractivity (Wildman–Crippen MR) is 80.0 cm³/mol. The van der Waals surface area contributed by atoms with Crippen molar-refractivity contribution in [1.82, 2.24) is 0 Å². The molecule has 0 fully saturated rings. The van der Waals surface area contributed by atoms with Crippen molar-refractivity contribution in [2.45, 2.75) is 32.8 Å². The first-order valence-corrected chi connectivity index (χ1v) is 7.06. The zero-order chi connectivity index (χ0) is 14.5. The molecule has 106 valence electrons. The second-order valence-corrected chi connectivity index (χ2v) is 5.69. The Bertz CT molecular complexity index is 546. The Hall–Kier alpha value is -1.67. The second kappa shape index (κ2) is 6.67. The Morgan fingerprint density at radius 3 is 2.30 bits per heavy atom. The average Bonchev–Trinajstić information content (AvgIpc) is 2.41. The molecule has 0 spiro atoms. The summed E-state index contributed by atoms with van der Waals surface area (Å²) in [7, 11) is 0. The summed E-state index contributed by atoms with van der Waals surface area (Å²) in [6.07, 6.45) is 0.968. The standard InChI is InChI=1S/C18H21FO/c1-13(2)10-15-4-3-5-16(11-15)18(20)12-14-6-8-17(19)9-7-14/h3-9,11,13,18,20H,10,12H2,1-2H3. The van der Waals surface area contributed by atoms with Gasteiger partial charge in [0.2, 0.25) is 0 Å². The predicted octanol–water partition coefficient (Wildman–Crippen LogP) is 4.30. The molecule has 2 heteroatoms. The van der Waals surface area contributed by atoms with Crippen molar-refractivity contribution in [3.8, 4) is 0 Å². The zero-order valence-electron chi connectivity index (χ0n) is 12.0. The van der Waals surface area contributed by atoms with Gasteiger partial charge in [-0.05, 0) is 41.2 Å². The Morgan fingerprint density at radius 2 is 1.65 bits per heavy atom. The lowest BCUT2D eigenvalue weighted by atomic mass is 9.96. The molecule has 20 heavy (non-hydrogen) atoms. The van der Waals surface area contributed by atoms with Crippen LogP contribution in [0, 0.1) is 11.7 Å². The van der Waals surface area contributed by atoms with Gasteiger partial charge in [0.25, 0.3) is 0 Å². The molecule has 0 aromatic heterocycles. The molecule has 0 saturated carbocycles. The van der Waals surface area contributed by atoms with E-state index in [1.807, 2.05) is 12.1 Å². The summed E-state index contributed by atoms with van der Waals surface area (Å²) >= 11 is 0. The Morgan fingerprint density at radius 1 is 0.950 bits per heavy atom. The van der Waals surface area contributed by atoms with Crippen LogP contribution in [0.15, 0.2) is 48.5 Å². The maximum Gasteiger partial charge on any atom is 0.123 e. The van der Waals surface area contributed by atoms with Gasteiger partial charge >= 0.3 is 0 Å². The highest BCUT2D eigenvalue weighted by Gasteiger charge is 2.10. The lowest BCUT2D eigenvalue weighted by Gasteiger charge is -2.13. The number of aliphatic hydroxyl groups excluding tert-OH is 1. The van der Waals surface area contributed by atoms with E-state index in [0.29, 0.717) is 12.3 Å². The summed E-state index contributed by atoms with van der Waals surface area (Å²) < 4.78 is 12.9. The third-order valence-corrected chi connectivity index (χ3v) is 3.32. The first-order valence-electron chi connectivity index (χ1n) is 7.06. The van der Waals surface area contributed by atoms with Crippen molar-refractivity contribution in [3.63, 3.8) is 0 Å². The highest BCUT2D eigenvalue weighted by molar-refractivity contribution is 5.27. The highest BCUT2D eigenvalue weighted by atomic mass is 19.1. The molecular weight excluding hydrogens is 251 g/mol. The molecule has 0 aliphatic carbocycles. The molecule has 1 unspecified atom stereocenters. The fourth-order valence-corrected chi connectivity index (χ4v) is 2.36. The van der Waals surface area contributed by atoms with Crippen LogP contribution in [-0.4, -0.2) is 5.11 Å². The van der Waals surface area contributed by atoms with Gasteiger partial charge in [-0.25, -0.2) is 4.39 Å². The number of aliphatic hydroxyl groups is 1. The SMILES string of the molecule is CC(C)Cc1cccc(C(O)Cc2ccc(F)cc2)c1. The molecule has 2 aromatic rings. The minimum Gasteiger partial charge on any atom is -0.388 e. The normalized spacial score (nSPS) is 12.7. The maximum atomic E-state index is 12.9. The minimum absolute atomic E-state index is 0.248. The molecule has 1 nitrogen and oxygen atoms in total. The first kappa shape index (κ1) is 14.7. The third kappa shape index (κ3) is 4.17. The molecule has 0 aliphatic rings. The van der Waals surface area contributed by atoms with Crippen molar-refractivity contribution in [2.24, 2.45) is 5.92 Å². The molecule has 1 atom stereocenters. The lowest BCUT2D eigenvalue weighted by molar-refractivity contribution is 0.178. The fraction of sp³-hybridized carbons (Fsp3) is 0.333. The van der Waals surface area contributed by atoms with Gasteiger partial charge < -0.3 is 5.11 Å². The molecule has 0 amide bonds. The van der Waals surface area contributed by atoms with E-state index < -0.39 is 6.10 Å². The van der Waals surface area contributed by atoms with E-state index in [9.17, 15) is 9.50 Å². The van der Waals surface area contributed by atoms with Crippen LogP contribution in [0.3, 0.4) is 0 Å². The Kier molecular flexibility index (Phi) is 4.91. The van der Waals surface area contributed by atoms with Gasteiger partial charge in [-0.1, -0.05) is 50.2 Å². The molecule has 2 aromatic carbocycles. The monoisotopic (exact) mass is 272 g/mol. The summed E-state index contributed by atoms with van der Waals surface area (Å²) in [6.45, 7) is 4.36. The highest BCUT2D eigenvalue weighted by Crippen LogP contribution is 2.20. The summed E-state index contributed by atoms with van der Waals surface area (Å²) in [6, 6.07) is 14.4. The van der Waals surface area contributed by atoms with Crippen LogP contribution >= 0.6 is 0 Å². The zero-order valence-corrected chi connectivity index (χ0v) is 12.0. The Balaban J connectivity index is 2.08. The molecule has 0 bridgehead atoms. The third-order valence-electron chi connectivity index (χ3n) is 3.32. The largest absolute Gasteiger partial charge is 0.388 e. The van der Waals surface area contributed by atoms with E-state index in [4.69, 9.17) is 0 Å². The van der Waals surface area contributed by atoms with Gasteiger partial charge in [0.1, 0.15) is 5.82 Å². The topological polar surface area (TPSA) is 20.2 Å². The molecule has 0 aliphatic heterocycles. The van der Waals surface area contributed by atoms with Gasteiger partial charge in [-0.3, -0.25) is 0 Å². The lowest BCUT2D eigenvalue weighted by Crippen LogP contribution is -2.03. The first-order chi connectivity index (χ1) is 9.54. The van der Waals surface area contributed by atoms with Crippen LogP contribution in [0.5, 0.6) is 0 Å². The number of rotatable bonds is 5. The molecular formula is C18H21FO. The smallest absolute Gasteiger partial charge is 0.123 e. The van der Waals surface area contributed by atoms with Crippen molar-refractivity contribution >= 4 is 0 Å². The van der Waals surface area contributed by atoms with E-state index in [-0.39, 0.29) is 5.82 Å². The summed E-state index contributed by atoms with van der Waals surface area (Å²) in [5, 5.41) is 10.3. The number of halogens is 1. The van der Waals surface area contributed by atoms with Gasteiger partial charge in [0, 0.05) is 6.42 Å². The van der Waals surface area contributed by atoms with E-state index in [0.717, 1.165) is 17.5 Å². The van der Waals surface area contributed by atoms with Crippen LogP contribution < -0.4 is 0 Å². The van der Waals surface area contributed by atoms with Gasteiger partial charge in [-0.2, -0.15) is 0 Å². The number of hydrogen-bond acceptors (Lipinski definition) is 1. The molecule has 0 radical (unpaired) electrons. The van der Waals surface area contributed by atoms with Crippen molar-refractivity contribution < 1.29 is 9.50 Å². The van der Waals surface area contributed by atoms with Crippen molar-refractivity contribution in [3.05, 3.63) is 71.0 Å². The number of hydrogen-bond donors (Lipinski definition) is 1. The summed E-state index contributed by atoms with van der Waals surface area (Å²) in [5.74, 6) is 0.349. The van der Waals surface area contributed by atoms with E-state index in [1.54, 1.807) is 12.1 Å². The van der Waals surface area contributed by atoms with Crippen LogP contribution in [0.1, 0.15) is 36.6 Å². The molecule has 0 heterocycles. The minimum atomic E-state index is -0.549. The average molecular weight is 272 g/mol. The summed E-state index contributed by atoms with van der Waals surface area (Å²) in [4.78, 5) is 0. The molecule has 2 rings (SSSR count). The van der Waals surface area contributed by atoms with Gasteiger partial charge in [-0.15, -0.1) is 0 Å². The van der Waals surface area contributed by atoms with Gasteiger partial charge in [0.05, 0.1) is 6.10 Å². The fourth-order valence-electron chi connectivity index (χ4n) is 2.36. The molecule has 1 N–H and O–H groups in total. The van der Waals surface area contributed by atoms with Crippen molar-refractivity contribution in [2.75, 3.05) is 0 Å². The van der Waals surface area contributed by atoms with Crippen molar-refractivity contribution in [1.29, 1.82) is 0 Å². The number of benzene rings is 2.